The van der Waals surface area contributed by atoms with Gasteiger partial charge in [-0.3, -0.25) is 4.79 Å². The number of carbonyl (C=O) groups is 1. The van der Waals surface area contributed by atoms with Crippen molar-refractivity contribution in [2.45, 2.75) is 36.9 Å². The molecule has 0 spiro atoms. The zero-order valence-electron chi connectivity index (χ0n) is 16.6. The average Bonchev–Trinajstić information content (AvgIpc) is 2.74. The number of ether oxygens (including phenoxy) is 2. The van der Waals surface area contributed by atoms with Crippen LogP contribution in [0.4, 0.5) is 4.39 Å². The molecule has 0 bridgehead atoms. The number of fused-ring (bicyclic) bond motifs is 1. The Morgan fingerprint density at radius 1 is 1.28 bits per heavy atom. The molecule has 2 aliphatic heterocycles. The Labute approximate surface area is 170 Å². The first-order chi connectivity index (χ1) is 14.0. The number of amides is 1. The molecule has 6 heteroatoms. The summed E-state index contributed by atoms with van der Waals surface area (Å²) in [6, 6.07) is 14.3. The zero-order chi connectivity index (χ0) is 20.4. The van der Waals surface area contributed by atoms with E-state index in [1.807, 2.05) is 23.1 Å². The van der Waals surface area contributed by atoms with E-state index < -0.39 is 11.6 Å². The molecule has 2 aliphatic rings. The molecular formula is C23H27FN2O3. The molecule has 1 fully saturated rings. The Hall–Kier alpha value is -2.28. The molecule has 3 atom stereocenters. The minimum Gasteiger partial charge on any atom is -0.383 e. The van der Waals surface area contributed by atoms with Crippen LogP contribution in [0.1, 0.15) is 35.6 Å². The lowest BCUT2D eigenvalue weighted by molar-refractivity contribution is -0.152. The van der Waals surface area contributed by atoms with E-state index >= 15 is 0 Å². The first-order valence-corrected chi connectivity index (χ1v) is 10.0. The summed E-state index contributed by atoms with van der Waals surface area (Å²) in [5.74, 6) is -0.322. The minimum absolute atomic E-state index is 0.0340. The lowest BCUT2D eigenvalue weighted by Gasteiger charge is -2.42. The van der Waals surface area contributed by atoms with Gasteiger partial charge < -0.3 is 20.1 Å². The van der Waals surface area contributed by atoms with Crippen molar-refractivity contribution >= 4 is 5.91 Å². The number of halogens is 1. The largest absolute Gasteiger partial charge is 0.383 e. The number of carbonyl (C=O) groups excluding carboxylic acids is 1. The van der Waals surface area contributed by atoms with Crippen molar-refractivity contribution in [1.29, 1.82) is 0 Å². The van der Waals surface area contributed by atoms with E-state index in [0.29, 0.717) is 32.6 Å². The van der Waals surface area contributed by atoms with E-state index in [1.165, 1.54) is 17.7 Å². The van der Waals surface area contributed by atoms with E-state index in [4.69, 9.17) is 15.2 Å². The highest BCUT2D eigenvalue weighted by atomic mass is 19.1. The maximum Gasteiger partial charge on any atom is 0.252 e. The third-order valence-electron chi connectivity index (χ3n) is 5.94. The first-order valence-electron chi connectivity index (χ1n) is 10.0. The Morgan fingerprint density at radius 3 is 2.72 bits per heavy atom. The minimum atomic E-state index is -0.545. The van der Waals surface area contributed by atoms with E-state index in [9.17, 15) is 9.18 Å². The summed E-state index contributed by atoms with van der Waals surface area (Å²) in [5, 5.41) is 0. The number of hydrogen-bond donors (Lipinski definition) is 1. The number of rotatable bonds is 4. The summed E-state index contributed by atoms with van der Waals surface area (Å²) in [5.41, 5.74) is 8.95. The monoisotopic (exact) mass is 398 g/mol. The second kappa shape index (κ2) is 8.22. The van der Waals surface area contributed by atoms with Crippen molar-refractivity contribution in [3.8, 4) is 0 Å². The Balaban J connectivity index is 1.60. The number of benzene rings is 2. The summed E-state index contributed by atoms with van der Waals surface area (Å²) in [7, 11) is 1.62. The maximum atomic E-state index is 13.5. The number of methoxy groups -OCH3 is 1. The molecule has 0 saturated carbocycles. The molecule has 2 N–H and O–H groups in total. The van der Waals surface area contributed by atoms with Crippen LogP contribution in [0.25, 0.3) is 0 Å². The number of hydrogen-bond acceptors (Lipinski definition) is 4. The highest BCUT2D eigenvalue weighted by Crippen LogP contribution is 2.36. The van der Waals surface area contributed by atoms with Crippen LogP contribution < -0.4 is 5.73 Å². The second-order valence-electron chi connectivity index (χ2n) is 8.07. The third-order valence-corrected chi connectivity index (χ3v) is 5.94. The Kier molecular flexibility index (Phi) is 5.67. The molecule has 0 aliphatic carbocycles. The summed E-state index contributed by atoms with van der Waals surface area (Å²) in [4.78, 5) is 15.3. The van der Waals surface area contributed by atoms with Gasteiger partial charge in [-0.25, -0.2) is 4.39 Å². The second-order valence-corrected chi connectivity index (χ2v) is 8.07. The molecule has 2 aromatic rings. The van der Waals surface area contributed by atoms with Crippen LogP contribution in [0.2, 0.25) is 0 Å². The van der Waals surface area contributed by atoms with Crippen LogP contribution in [0.3, 0.4) is 0 Å². The Morgan fingerprint density at radius 2 is 2.03 bits per heavy atom. The summed E-state index contributed by atoms with van der Waals surface area (Å²) < 4.78 is 24.6. The fraction of sp³-hybridized carbons (Fsp3) is 0.435. The number of nitrogens with zero attached hydrogens (tertiary/aromatic N) is 1. The van der Waals surface area contributed by atoms with Gasteiger partial charge in [-0.05, 0) is 48.1 Å². The molecule has 5 nitrogen and oxygen atoms in total. The molecular weight excluding hydrogens is 371 g/mol. The average molecular weight is 398 g/mol. The van der Waals surface area contributed by atoms with Crippen LogP contribution >= 0.6 is 0 Å². The van der Waals surface area contributed by atoms with E-state index in [1.54, 1.807) is 19.2 Å². The van der Waals surface area contributed by atoms with Crippen molar-refractivity contribution < 1.29 is 18.7 Å². The van der Waals surface area contributed by atoms with Crippen LogP contribution in [0.15, 0.2) is 48.5 Å². The van der Waals surface area contributed by atoms with Gasteiger partial charge in [-0.1, -0.05) is 36.4 Å². The van der Waals surface area contributed by atoms with Crippen molar-refractivity contribution in [2.24, 2.45) is 5.73 Å². The topological polar surface area (TPSA) is 64.8 Å². The number of nitrogens with two attached hydrogens (primary N) is 1. The summed E-state index contributed by atoms with van der Waals surface area (Å²) >= 11 is 0. The maximum absolute atomic E-state index is 13.5. The summed E-state index contributed by atoms with van der Waals surface area (Å²) in [6.07, 6.45) is 1.50. The standard InChI is InChI=1S/C23H27FN2O3/c1-28-14-23(25)12-10-20(29-15-23)22(27)26-13-11-16-4-2-3-5-19(16)21(26)17-6-8-18(24)9-7-17/h2-9,20-21H,10-15,25H2,1H3/t20-,21-,23-/m0/s1. The molecule has 1 saturated heterocycles. The van der Waals surface area contributed by atoms with E-state index in [-0.39, 0.29) is 17.8 Å². The van der Waals surface area contributed by atoms with Crippen LogP contribution in [-0.4, -0.2) is 49.3 Å². The SMILES string of the molecule is COC[C@@]1(N)CC[C@@H](C(=O)N2CCc3ccccc3[C@@H]2c2ccc(F)cc2)OC1. The molecule has 154 valence electrons. The van der Waals surface area contributed by atoms with Gasteiger partial charge in [-0.15, -0.1) is 0 Å². The van der Waals surface area contributed by atoms with E-state index in [2.05, 4.69) is 6.07 Å². The lowest BCUT2D eigenvalue weighted by Crippen LogP contribution is -2.56. The van der Waals surface area contributed by atoms with Gasteiger partial charge in [0.25, 0.3) is 5.91 Å². The molecule has 29 heavy (non-hydrogen) atoms. The normalized spacial score (nSPS) is 26.8. The molecule has 0 aromatic heterocycles. The van der Waals surface area contributed by atoms with Gasteiger partial charge in [0.15, 0.2) is 0 Å². The fourth-order valence-corrected chi connectivity index (χ4v) is 4.43. The highest BCUT2D eigenvalue weighted by molar-refractivity contribution is 5.82. The lowest BCUT2D eigenvalue weighted by atomic mass is 9.86. The molecule has 0 radical (unpaired) electrons. The van der Waals surface area contributed by atoms with Crippen LogP contribution in [0, 0.1) is 5.82 Å². The fourth-order valence-electron chi connectivity index (χ4n) is 4.43. The van der Waals surface area contributed by atoms with Gasteiger partial charge in [0.1, 0.15) is 11.9 Å². The van der Waals surface area contributed by atoms with Crippen molar-refractivity contribution in [2.75, 3.05) is 26.9 Å². The molecule has 1 amide bonds. The van der Waals surface area contributed by atoms with Crippen LogP contribution in [0.5, 0.6) is 0 Å². The first kappa shape index (κ1) is 20.0. The Bertz CT molecular complexity index is 863. The third kappa shape index (κ3) is 4.06. The molecule has 2 heterocycles. The van der Waals surface area contributed by atoms with Gasteiger partial charge in [-0.2, -0.15) is 0 Å². The quantitative estimate of drug-likeness (QED) is 0.860. The predicted octanol–water partition coefficient (Wildman–Crippen LogP) is 2.82. The summed E-state index contributed by atoms with van der Waals surface area (Å²) in [6.45, 7) is 1.30. The van der Waals surface area contributed by atoms with Gasteiger partial charge in [0, 0.05) is 13.7 Å². The van der Waals surface area contributed by atoms with Crippen molar-refractivity contribution in [3.05, 3.63) is 71.0 Å². The predicted molar refractivity (Wildman–Crippen MR) is 108 cm³/mol. The molecule has 4 rings (SSSR count). The van der Waals surface area contributed by atoms with Gasteiger partial charge in [0.2, 0.25) is 0 Å². The zero-order valence-corrected chi connectivity index (χ0v) is 16.6. The molecule has 2 aromatic carbocycles. The van der Waals surface area contributed by atoms with Gasteiger partial charge in [0.05, 0.1) is 24.8 Å². The highest BCUT2D eigenvalue weighted by Gasteiger charge is 2.40. The van der Waals surface area contributed by atoms with Crippen molar-refractivity contribution in [1.82, 2.24) is 4.90 Å². The molecule has 0 unspecified atom stereocenters. The van der Waals surface area contributed by atoms with Crippen LogP contribution in [-0.2, 0) is 20.7 Å². The van der Waals surface area contributed by atoms with Crippen molar-refractivity contribution in [3.63, 3.8) is 0 Å². The van der Waals surface area contributed by atoms with Gasteiger partial charge >= 0.3 is 0 Å². The van der Waals surface area contributed by atoms with E-state index in [0.717, 1.165) is 17.5 Å². The smallest absolute Gasteiger partial charge is 0.252 e.